The van der Waals surface area contributed by atoms with Crippen LogP contribution in [0.4, 0.5) is 0 Å². The molecule has 2 aromatic rings. The predicted octanol–water partition coefficient (Wildman–Crippen LogP) is 8.61. The van der Waals surface area contributed by atoms with E-state index < -0.39 is 0 Å². The lowest BCUT2D eigenvalue weighted by Crippen LogP contribution is -2.06. The lowest BCUT2D eigenvalue weighted by molar-refractivity contribution is 0.237. The van der Waals surface area contributed by atoms with E-state index in [1.807, 2.05) is 24.3 Å². The lowest BCUT2D eigenvalue weighted by atomic mass is 10.0. The van der Waals surface area contributed by atoms with E-state index in [0.29, 0.717) is 25.6 Å². The van der Waals surface area contributed by atoms with Gasteiger partial charge in [-0.3, -0.25) is 0 Å². The zero-order valence-corrected chi connectivity index (χ0v) is 22.3. The quantitative estimate of drug-likeness (QED) is 0.0976. The second-order valence-electron chi connectivity index (χ2n) is 8.60. The van der Waals surface area contributed by atoms with E-state index in [1.165, 1.54) is 5.56 Å². The minimum Gasteiger partial charge on any atom is -0.490 e. The third kappa shape index (κ3) is 9.50. The van der Waals surface area contributed by atoms with Gasteiger partial charge >= 0.3 is 0 Å². The van der Waals surface area contributed by atoms with Gasteiger partial charge in [0.05, 0.1) is 19.8 Å². The summed E-state index contributed by atoms with van der Waals surface area (Å²) in [7, 11) is 0. The number of hydrogen-bond acceptors (Lipinski definition) is 4. The molecule has 0 aliphatic rings. The summed E-state index contributed by atoms with van der Waals surface area (Å²) in [4.78, 5) is 0.813. The van der Waals surface area contributed by atoms with Gasteiger partial charge in [-0.05, 0) is 60.6 Å². The van der Waals surface area contributed by atoms with Crippen molar-refractivity contribution in [3.05, 3.63) is 59.2 Å². The number of allylic oxidation sites excluding steroid dienone is 1. The Kier molecular flexibility index (Phi) is 13.4. The van der Waals surface area contributed by atoms with Crippen LogP contribution in [0.1, 0.15) is 89.3 Å². The highest BCUT2D eigenvalue weighted by molar-refractivity contribution is 7.81. The Morgan fingerprint density at radius 3 is 1.76 bits per heavy atom. The van der Waals surface area contributed by atoms with Crippen molar-refractivity contribution in [2.75, 3.05) is 19.8 Å². The topological polar surface area (TPSA) is 27.7 Å². The molecule has 0 aliphatic heterocycles. The molecule has 0 saturated carbocycles. The van der Waals surface area contributed by atoms with Crippen LogP contribution in [0, 0.1) is 0 Å². The number of ether oxygens (including phenoxy) is 3. The largest absolute Gasteiger partial charge is 0.490 e. The standard InChI is InChI=1S/C30H42O3S/c1-5-9-19-31-27-22-25(15-18-29(34)26-16-13-24(12-8-4)14-17-26)23-28(32-20-10-6-2)30(27)33-21-11-7-3/h13-18,22-23H,5-12,19-21H2,1-4H3. The van der Waals surface area contributed by atoms with Crippen LogP contribution in [0.5, 0.6) is 17.2 Å². The molecule has 0 fully saturated rings. The van der Waals surface area contributed by atoms with Crippen LogP contribution in [0.3, 0.4) is 0 Å². The zero-order chi connectivity index (χ0) is 24.6. The SMILES string of the molecule is CCCCOc1cc(C=CC(=S)c2ccc(CCC)cc2)cc(OCCCC)c1OCCCC. The molecule has 0 N–H and O–H groups in total. The first-order chi connectivity index (χ1) is 16.6. The molecule has 0 radical (unpaired) electrons. The molecule has 0 atom stereocenters. The molecule has 0 bridgehead atoms. The third-order valence-electron chi connectivity index (χ3n) is 5.50. The summed E-state index contributed by atoms with van der Waals surface area (Å²) in [6, 6.07) is 12.6. The Labute approximate surface area is 212 Å². The van der Waals surface area contributed by atoms with Crippen LogP contribution in [0.25, 0.3) is 6.08 Å². The summed E-state index contributed by atoms with van der Waals surface area (Å²) < 4.78 is 18.5. The summed E-state index contributed by atoms with van der Waals surface area (Å²) in [5.74, 6) is 2.20. The fraction of sp³-hybridized carbons (Fsp3) is 0.500. The van der Waals surface area contributed by atoms with E-state index in [2.05, 4.69) is 52.0 Å². The number of rotatable bonds is 17. The van der Waals surface area contributed by atoms with Crippen molar-refractivity contribution in [1.82, 2.24) is 0 Å². The molecule has 2 aromatic carbocycles. The molecule has 3 nitrogen and oxygen atoms in total. The van der Waals surface area contributed by atoms with Crippen molar-refractivity contribution >= 4 is 23.2 Å². The molecule has 0 spiro atoms. The molecule has 0 aliphatic carbocycles. The fourth-order valence-electron chi connectivity index (χ4n) is 3.41. The first-order valence-electron chi connectivity index (χ1n) is 13.0. The summed E-state index contributed by atoms with van der Waals surface area (Å²) in [6.45, 7) is 10.6. The van der Waals surface area contributed by atoms with Gasteiger partial charge in [0.1, 0.15) is 0 Å². The highest BCUT2D eigenvalue weighted by Crippen LogP contribution is 2.40. The summed E-state index contributed by atoms with van der Waals surface area (Å²) in [6.07, 6.45) is 12.5. The van der Waals surface area contributed by atoms with Gasteiger partial charge in [0.15, 0.2) is 11.5 Å². The maximum absolute atomic E-state index is 6.15. The number of hydrogen-bond donors (Lipinski definition) is 0. The Hall–Kier alpha value is -2.33. The van der Waals surface area contributed by atoms with Gasteiger partial charge < -0.3 is 14.2 Å². The van der Waals surface area contributed by atoms with E-state index in [1.54, 1.807) is 0 Å². The number of aryl methyl sites for hydroxylation is 1. The van der Waals surface area contributed by atoms with Crippen LogP contribution in [-0.2, 0) is 6.42 Å². The number of unbranched alkanes of at least 4 members (excludes halogenated alkanes) is 3. The smallest absolute Gasteiger partial charge is 0.203 e. The average Bonchev–Trinajstić information content (AvgIpc) is 2.85. The molecule has 0 aromatic heterocycles. The molecule has 0 heterocycles. The summed E-state index contributed by atoms with van der Waals surface area (Å²) >= 11 is 5.69. The monoisotopic (exact) mass is 482 g/mol. The zero-order valence-electron chi connectivity index (χ0n) is 21.5. The molecule has 0 amide bonds. The van der Waals surface area contributed by atoms with Crippen molar-refractivity contribution in [3.63, 3.8) is 0 Å². The number of thiocarbonyl (C=S) groups is 1. The first-order valence-corrected chi connectivity index (χ1v) is 13.4. The van der Waals surface area contributed by atoms with E-state index >= 15 is 0 Å². The van der Waals surface area contributed by atoms with E-state index in [9.17, 15) is 0 Å². The second kappa shape index (κ2) is 16.3. The summed E-state index contributed by atoms with van der Waals surface area (Å²) in [5, 5.41) is 0. The molecule has 186 valence electrons. The van der Waals surface area contributed by atoms with Gasteiger partial charge in [-0.1, -0.05) is 95.9 Å². The minimum absolute atomic E-state index is 0.651. The molecular formula is C30H42O3S. The second-order valence-corrected chi connectivity index (χ2v) is 9.04. The maximum atomic E-state index is 6.15. The first kappa shape index (κ1) is 27.9. The highest BCUT2D eigenvalue weighted by atomic mass is 32.1. The molecule has 0 unspecified atom stereocenters. The third-order valence-corrected chi connectivity index (χ3v) is 5.87. The maximum Gasteiger partial charge on any atom is 0.203 e. The van der Waals surface area contributed by atoms with E-state index in [-0.39, 0.29) is 0 Å². The van der Waals surface area contributed by atoms with Crippen molar-refractivity contribution in [2.45, 2.75) is 79.1 Å². The minimum atomic E-state index is 0.651. The van der Waals surface area contributed by atoms with Crippen molar-refractivity contribution in [3.8, 4) is 17.2 Å². The van der Waals surface area contributed by atoms with Crippen molar-refractivity contribution in [1.29, 1.82) is 0 Å². The Morgan fingerprint density at radius 1 is 0.735 bits per heavy atom. The van der Waals surface area contributed by atoms with Gasteiger partial charge in [-0.15, -0.1) is 0 Å². The fourth-order valence-corrected chi connectivity index (χ4v) is 3.62. The highest BCUT2D eigenvalue weighted by Gasteiger charge is 2.15. The van der Waals surface area contributed by atoms with Gasteiger partial charge in [-0.25, -0.2) is 0 Å². The van der Waals surface area contributed by atoms with Crippen molar-refractivity contribution < 1.29 is 14.2 Å². The van der Waals surface area contributed by atoms with Crippen LogP contribution in [0.15, 0.2) is 42.5 Å². The Balaban J connectivity index is 2.29. The van der Waals surface area contributed by atoms with E-state index in [0.717, 1.165) is 78.9 Å². The van der Waals surface area contributed by atoms with Gasteiger partial charge in [-0.2, -0.15) is 0 Å². The Morgan fingerprint density at radius 2 is 1.26 bits per heavy atom. The van der Waals surface area contributed by atoms with Crippen LogP contribution in [-0.4, -0.2) is 24.7 Å². The molecule has 2 rings (SSSR count). The van der Waals surface area contributed by atoms with Gasteiger partial charge in [0.25, 0.3) is 0 Å². The van der Waals surface area contributed by atoms with Gasteiger partial charge in [0.2, 0.25) is 5.75 Å². The molecular weight excluding hydrogens is 440 g/mol. The van der Waals surface area contributed by atoms with Gasteiger partial charge in [0, 0.05) is 4.86 Å². The average molecular weight is 483 g/mol. The van der Waals surface area contributed by atoms with E-state index in [4.69, 9.17) is 26.4 Å². The van der Waals surface area contributed by atoms with Crippen molar-refractivity contribution in [2.24, 2.45) is 0 Å². The number of benzene rings is 2. The predicted molar refractivity (Wildman–Crippen MR) is 149 cm³/mol. The van der Waals surface area contributed by atoms with Crippen LogP contribution >= 0.6 is 12.2 Å². The lowest BCUT2D eigenvalue weighted by Gasteiger charge is -2.18. The Bertz CT molecular complexity index is 855. The summed E-state index contributed by atoms with van der Waals surface area (Å²) in [5.41, 5.74) is 3.40. The molecule has 0 saturated heterocycles. The normalized spacial score (nSPS) is 11.1. The molecule has 4 heteroatoms. The molecule has 34 heavy (non-hydrogen) atoms. The van der Waals surface area contributed by atoms with Crippen LogP contribution < -0.4 is 14.2 Å². The van der Waals surface area contributed by atoms with Crippen LogP contribution in [0.2, 0.25) is 0 Å².